The first-order valence-corrected chi connectivity index (χ1v) is 7.92. The van der Waals surface area contributed by atoms with Gasteiger partial charge in [-0.3, -0.25) is 4.90 Å². The second-order valence-electron chi connectivity index (χ2n) is 5.97. The van der Waals surface area contributed by atoms with Gasteiger partial charge in [0.1, 0.15) is 0 Å². The van der Waals surface area contributed by atoms with Gasteiger partial charge in [-0.1, -0.05) is 13.8 Å². The van der Waals surface area contributed by atoms with Crippen LogP contribution in [-0.4, -0.2) is 59.8 Å². The summed E-state index contributed by atoms with van der Waals surface area (Å²) >= 11 is 2.01. The molecule has 0 aromatic heterocycles. The van der Waals surface area contributed by atoms with Crippen LogP contribution < -0.4 is 5.32 Å². The zero-order valence-electron chi connectivity index (χ0n) is 11.2. The number of thioether (sulfide) groups is 1. The molecule has 0 aliphatic carbocycles. The summed E-state index contributed by atoms with van der Waals surface area (Å²) in [7, 11) is 0. The van der Waals surface area contributed by atoms with Crippen molar-refractivity contribution in [2.45, 2.75) is 32.2 Å². The van der Waals surface area contributed by atoms with E-state index >= 15 is 0 Å². The van der Waals surface area contributed by atoms with E-state index in [-0.39, 0.29) is 11.0 Å². The Morgan fingerprint density at radius 3 is 2.82 bits per heavy atom. The molecule has 2 N–H and O–H groups in total. The lowest BCUT2D eigenvalue weighted by molar-refractivity contribution is -0.0416. The van der Waals surface area contributed by atoms with E-state index in [2.05, 4.69) is 24.1 Å². The topological polar surface area (TPSA) is 35.5 Å². The number of nitrogens with one attached hydrogen (secondary N) is 1. The third-order valence-corrected chi connectivity index (χ3v) is 5.85. The van der Waals surface area contributed by atoms with Crippen molar-refractivity contribution in [1.29, 1.82) is 0 Å². The quantitative estimate of drug-likeness (QED) is 0.779. The molecule has 17 heavy (non-hydrogen) atoms. The third-order valence-electron chi connectivity index (χ3n) is 4.68. The minimum Gasteiger partial charge on any atom is -0.394 e. The van der Waals surface area contributed by atoms with Crippen LogP contribution in [-0.2, 0) is 0 Å². The van der Waals surface area contributed by atoms with Crippen molar-refractivity contribution >= 4 is 11.8 Å². The van der Waals surface area contributed by atoms with Crippen LogP contribution in [0.3, 0.4) is 0 Å². The molecule has 4 heteroatoms. The van der Waals surface area contributed by atoms with Gasteiger partial charge in [0.05, 0.1) is 12.1 Å². The van der Waals surface area contributed by atoms with Crippen LogP contribution in [0.4, 0.5) is 0 Å². The maximum atomic E-state index is 10.0. The van der Waals surface area contributed by atoms with E-state index in [1.165, 1.54) is 18.6 Å². The molecule has 100 valence electrons. The lowest BCUT2D eigenvalue weighted by Crippen LogP contribution is -2.64. The number of rotatable bonds is 2. The largest absolute Gasteiger partial charge is 0.394 e. The van der Waals surface area contributed by atoms with Crippen LogP contribution in [0.25, 0.3) is 0 Å². The van der Waals surface area contributed by atoms with E-state index in [4.69, 9.17) is 0 Å². The molecule has 0 radical (unpaired) electrons. The minimum absolute atomic E-state index is 0.0120. The number of hydrogen-bond acceptors (Lipinski definition) is 4. The molecular weight excluding hydrogens is 232 g/mol. The smallest absolute Gasteiger partial charge is 0.0628 e. The molecule has 2 aliphatic heterocycles. The van der Waals surface area contributed by atoms with E-state index in [0.29, 0.717) is 6.61 Å². The van der Waals surface area contributed by atoms with Gasteiger partial charge in [0.2, 0.25) is 0 Å². The lowest BCUT2D eigenvalue weighted by atomic mass is 9.70. The Labute approximate surface area is 109 Å². The van der Waals surface area contributed by atoms with Gasteiger partial charge in [-0.15, -0.1) is 0 Å². The Morgan fingerprint density at radius 1 is 1.29 bits per heavy atom. The second kappa shape index (κ2) is 5.47. The van der Waals surface area contributed by atoms with Crippen LogP contribution in [0.2, 0.25) is 0 Å². The number of hydrogen-bond donors (Lipinski definition) is 2. The molecule has 0 saturated carbocycles. The van der Waals surface area contributed by atoms with E-state index in [1.54, 1.807) is 0 Å². The summed E-state index contributed by atoms with van der Waals surface area (Å²) in [6, 6.07) is 0. The van der Waals surface area contributed by atoms with E-state index in [0.717, 1.165) is 31.9 Å². The first-order valence-electron chi connectivity index (χ1n) is 6.77. The van der Waals surface area contributed by atoms with Gasteiger partial charge in [0.15, 0.2) is 0 Å². The molecule has 0 amide bonds. The molecule has 2 saturated heterocycles. The number of aliphatic hydroxyl groups excluding tert-OH is 1. The predicted molar refractivity (Wildman–Crippen MR) is 74.6 cm³/mol. The highest BCUT2D eigenvalue weighted by molar-refractivity contribution is 7.99. The first kappa shape index (κ1) is 13.7. The van der Waals surface area contributed by atoms with Gasteiger partial charge in [-0.05, 0) is 30.6 Å². The van der Waals surface area contributed by atoms with Crippen molar-refractivity contribution in [2.24, 2.45) is 5.41 Å². The Kier molecular flexibility index (Phi) is 4.40. The predicted octanol–water partition coefficient (Wildman–Crippen LogP) is 1.18. The molecule has 2 heterocycles. The average molecular weight is 258 g/mol. The van der Waals surface area contributed by atoms with E-state index in [1.807, 2.05) is 11.8 Å². The maximum Gasteiger partial charge on any atom is 0.0628 e. The zero-order chi connectivity index (χ0) is 12.4. The monoisotopic (exact) mass is 258 g/mol. The van der Waals surface area contributed by atoms with Gasteiger partial charge in [-0.2, -0.15) is 11.8 Å². The lowest BCUT2D eigenvalue weighted by Gasteiger charge is -2.55. The van der Waals surface area contributed by atoms with Gasteiger partial charge in [-0.25, -0.2) is 0 Å². The molecule has 2 aliphatic rings. The first-order chi connectivity index (χ1) is 8.12. The molecule has 1 unspecified atom stereocenters. The summed E-state index contributed by atoms with van der Waals surface area (Å²) in [5, 5.41) is 13.5. The summed E-state index contributed by atoms with van der Waals surface area (Å²) < 4.78 is 0. The van der Waals surface area contributed by atoms with Gasteiger partial charge in [0.25, 0.3) is 0 Å². The molecule has 2 fully saturated rings. The SMILES string of the molecule is CC1(C)CCSCC1(CO)N1CCCNCC1. The molecule has 0 aromatic carbocycles. The molecule has 3 nitrogen and oxygen atoms in total. The fourth-order valence-corrected chi connectivity index (χ4v) is 4.95. The number of nitrogens with zero attached hydrogens (tertiary/aromatic N) is 1. The van der Waals surface area contributed by atoms with Crippen LogP contribution in [0, 0.1) is 5.41 Å². The Bertz CT molecular complexity index is 252. The summed E-state index contributed by atoms with van der Waals surface area (Å²) in [4.78, 5) is 2.55. The van der Waals surface area contributed by atoms with Crippen molar-refractivity contribution < 1.29 is 5.11 Å². The van der Waals surface area contributed by atoms with Gasteiger partial charge >= 0.3 is 0 Å². The molecule has 0 bridgehead atoms. The van der Waals surface area contributed by atoms with Crippen molar-refractivity contribution in [3.8, 4) is 0 Å². The summed E-state index contributed by atoms with van der Waals surface area (Å²) in [5.74, 6) is 2.32. The molecule has 1 atom stereocenters. The fraction of sp³-hybridized carbons (Fsp3) is 1.00. The van der Waals surface area contributed by atoms with Crippen molar-refractivity contribution in [1.82, 2.24) is 10.2 Å². The van der Waals surface area contributed by atoms with Crippen LogP contribution in [0.1, 0.15) is 26.7 Å². The maximum absolute atomic E-state index is 10.0. The van der Waals surface area contributed by atoms with E-state index < -0.39 is 0 Å². The van der Waals surface area contributed by atoms with Crippen LogP contribution >= 0.6 is 11.8 Å². The third kappa shape index (κ3) is 2.50. The van der Waals surface area contributed by atoms with Crippen molar-refractivity contribution in [3.05, 3.63) is 0 Å². The highest BCUT2D eigenvalue weighted by atomic mass is 32.2. The molecule has 0 aromatic rings. The highest BCUT2D eigenvalue weighted by Crippen LogP contribution is 2.45. The highest BCUT2D eigenvalue weighted by Gasteiger charge is 2.50. The summed E-state index contributed by atoms with van der Waals surface area (Å²) in [6.07, 6.45) is 2.41. The second-order valence-corrected chi connectivity index (χ2v) is 7.07. The minimum atomic E-state index is -0.0120. The van der Waals surface area contributed by atoms with Crippen molar-refractivity contribution in [2.75, 3.05) is 44.3 Å². The van der Waals surface area contributed by atoms with Crippen molar-refractivity contribution in [3.63, 3.8) is 0 Å². The van der Waals surface area contributed by atoms with Gasteiger partial charge < -0.3 is 10.4 Å². The normalized spacial score (nSPS) is 35.5. The summed E-state index contributed by atoms with van der Waals surface area (Å²) in [5.41, 5.74) is 0.208. The Hall–Kier alpha value is 0.230. The van der Waals surface area contributed by atoms with Gasteiger partial charge in [0, 0.05) is 25.4 Å². The Balaban J connectivity index is 2.21. The summed E-state index contributed by atoms with van der Waals surface area (Å²) in [6.45, 7) is 9.34. The molecular formula is C13H26N2OS. The fourth-order valence-electron chi connectivity index (χ4n) is 3.15. The molecule has 2 rings (SSSR count). The zero-order valence-corrected chi connectivity index (χ0v) is 12.0. The Morgan fingerprint density at radius 2 is 2.12 bits per heavy atom. The van der Waals surface area contributed by atoms with Crippen LogP contribution in [0.5, 0.6) is 0 Å². The van der Waals surface area contributed by atoms with Crippen LogP contribution in [0.15, 0.2) is 0 Å². The average Bonchev–Trinajstić information content (AvgIpc) is 2.58. The number of aliphatic hydroxyl groups is 1. The standard InChI is InChI=1S/C13H26N2OS/c1-12(2)4-9-17-11-13(12,10-16)15-7-3-5-14-6-8-15/h14,16H,3-11H2,1-2H3. The molecule has 0 spiro atoms. The van der Waals surface area contributed by atoms with E-state index in [9.17, 15) is 5.11 Å².